The van der Waals surface area contributed by atoms with Crippen LogP contribution in [0, 0.1) is 0 Å². The summed E-state index contributed by atoms with van der Waals surface area (Å²) in [5, 5.41) is 11.2. The molecule has 74 valence electrons. The molecular formula is C8H8N2O2S2. The molecule has 14 heavy (non-hydrogen) atoms. The maximum atomic E-state index is 10.2. The monoisotopic (exact) mass is 228 g/mol. The predicted molar refractivity (Wildman–Crippen MR) is 60.6 cm³/mol. The molecule has 6 heteroatoms. The van der Waals surface area contributed by atoms with Gasteiger partial charge in [0.1, 0.15) is 10.1 Å². The Morgan fingerprint density at radius 2 is 2.43 bits per heavy atom. The number of aromatic nitrogens is 1. The second-order valence-corrected chi connectivity index (χ2v) is 3.96. The number of nitrogens with one attached hydrogen (secondary N) is 1. The Kier molecular flexibility index (Phi) is 4.34. The molecule has 0 bridgehead atoms. The number of carboxylic acids is 1. The quantitative estimate of drug-likeness (QED) is 0.766. The molecule has 1 heterocycles. The zero-order chi connectivity index (χ0) is 10.4. The first-order valence-corrected chi connectivity index (χ1v) is 5.14. The SMILES string of the molecule is O=C(O)CSC(=S)Nc1ccccn1. The highest BCUT2D eigenvalue weighted by Crippen LogP contribution is 2.08. The van der Waals surface area contributed by atoms with Gasteiger partial charge in [-0.3, -0.25) is 4.79 Å². The van der Waals surface area contributed by atoms with Crippen LogP contribution in [0.15, 0.2) is 24.4 Å². The lowest BCUT2D eigenvalue weighted by Gasteiger charge is -2.03. The predicted octanol–water partition coefficient (Wildman–Crippen LogP) is 1.60. The largest absolute Gasteiger partial charge is 0.481 e. The number of hydrogen-bond donors (Lipinski definition) is 2. The molecule has 0 aliphatic carbocycles. The van der Waals surface area contributed by atoms with Gasteiger partial charge in [0.05, 0.1) is 5.75 Å². The summed E-state index contributed by atoms with van der Waals surface area (Å²) in [6.07, 6.45) is 1.63. The second-order valence-electron chi connectivity index (χ2n) is 2.31. The van der Waals surface area contributed by atoms with Crippen molar-refractivity contribution in [3.63, 3.8) is 0 Å². The number of thiocarbonyl (C=S) groups is 1. The second kappa shape index (κ2) is 5.56. The van der Waals surface area contributed by atoms with Crippen molar-refractivity contribution in [2.24, 2.45) is 0 Å². The number of carboxylic acid groups (broad SMARTS) is 1. The zero-order valence-corrected chi connectivity index (χ0v) is 8.77. The molecule has 0 aromatic carbocycles. The summed E-state index contributed by atoms with van der Waals surface area (Å²) in [7, 11) is 0. The van der Waals surface area contributed by atoms with Crippen molar-refractivity contribution in [3.8, 4) is 0 Å². The van der Waals surface area contributed by atoms with Crippen molar-refractivity contribution in [2.45, 2.75) is 0 Å². The highest BCUT2D eigenvalue weighted by Gasteiger charge is 2.02. The fourth-order valence-corrected chi connectivity index (χ4v) is 1.42. The van der Waals surface area contributed by atoms with Crippen molar-refractivity contribution >= 4 is 40.1 Å². The lowest BCUT2D eigenvalue weighted by Crippen LogP contribution is -2.09. The minimum absolute atomic E-state index is 0.0430. The van der Waals surface area contributed by atoms with Crippen LogP contribution in [-0.2, 0) is 4.79 Å². The van der Waals surface area contributed by atoms with Crippen molar-refractivity contribution in [3.05, 3.63) is 24.4 Å². The summed E-state index contributed by atoms with van der Waals surface area (Å²) in [4.78, 5) is 14.2. The lowest BCUT2D eigenvalue weighted by atomic mass is 10.5. The molecule has 0 aliphatic rings. The normalized spacial score (nSPS) is 9.43. The Morgan fingerprint density at radius 3 is 3.00 bits per heavy atom. The van der Waals surface area contributed by atoms with Gasteiger partial charge < -0.3 is 10.4 Å². The van der Waals surface area contributed by atoms with Crippen LogP contribution >= 0.6 is 24.0 Å². The first-order chi connectivity index (χ1) is 6.68. The number of nitrogens with zero attached hydrogens (tertiary/aromatic N) is 1. The number of anilines is 1. The maximum Gasteiger partial charge on any atom is 0.313 e. The molecular weight excluding hydrogens is 220 g/mol. The fourth-order valence-electron chi connectivity index (χ4n) is 0.705. The lowest BCUT2D eigenvalue weighted by molar-refractivity contribution is -0.133. The smallest absolute Gasteiger partial charge is 0.313 e. The van der Waals surface area contributed by atoms with Crippen LogP contribution < -0.4 is 5.32 Å². The van der Waals surface area contributed by atoms with E-state index < -0.39 is 5.97 Å². The number of rotatable bonds is 3. The molecule has 1 aromatic rings. The van der Waals surface area contributed by atoms with E-state index in [9.17, 15) is 4.79 Å². The molecule has 0 unspecified atom stereocenters. The van der Waals surface area contributed by atoms with Crippen LogP contribution in [0.3, 0.4) is 0 Å². The maximum absolute atomic E-state index is 10.2. The van der Waals surface area contributed by atoms with Gasteiger partial charge in [-0.1, -0.05) is 30.0 Å². The molecule has 0 atom stereocenters. The average Bonchev–Trinajstić information content (AvgIpc) is 2.16. The van der Waals surface area contributed by atoms with Gasteiger partial charge in [0.15, 0.2) is 0 Å². The van der Waals surface area contributed by atoms with Gasteiger partial charge in [-0.2, -0.15) is 0 Å². The van der Waals surface area contributed by atoms with Crippen LogP contribution in [0.5, 0.6) is 0 Å². The molecule has 0 saturated carbocycles. The van der Waals surface area contributed by atoms with Gasteiger partial charge >= 0.3 is 5.97 Å². The van der Waals surface area contributed by atoms with Crippen LogP contribution in [0.4, 0.5) is 5.82 Å². The van der Waals surface area contributed by atoms with Crippen molar-refractivity contribution in [1.29, 1.82) is 0 Å². The Balaban J connectivity index is 2.38. The summed E-state index contributed by atoms with van der Waals surface area (Å²) in [5.41, 5.74) is 0. The van der Waals surface area contributed by atoms with Crippen LogP contribution in [0.25, 0.3) is 0 Å². The van der Waals surface area contributed by atoms with Crippen molar-refractivity contribution in [2.75, 3.05) is 11.1 Å². The molecule has 1 aromatic heterocycles. The summed E-state index contributed by atoms with van der Waals surface area (Å²) in [6, 6.07) is 5.37. The average molecular weight is 228 g/mol. The highest BCUT2D eigenvalue weighted by atomic mass is 32.2. The van der Waals surface area contributed by atoms with Gasteiger partial charge in [0.2, 0.25) is 0 Å². The molecule has 0 amide bonds. The Bertz CT molecular complexity index is 329. The van der Waals surface area contributed by atoms with E-state index in [1.807, 2.05) is 6.07 Å². The summed E-state index contributed by atoms with van der Waals surface area (Å²) in [5.74, 6) is -0.311. The number of carbonyl (C=O) groups is 1. The number of thioether (sulfide) groups is 1. The number of hydrogen-bond acceptors (Lipinski definition) is 4. The Hall–Kier alpha value is -1.14. The third kappa shape index (κ3) is 4.20. The topological polar surface area (TPSA) is 62.2 Å². The standard InChI is InChI=1S/C8H8N2O2S2/c11-7(12)5-14-8(13)10-6-3-1-2-4-9-6/h1-4H,5H2,(H,11,12)(H,9,10,13). The minimum atomic E-state index is -0.889. The van der Waals surface area contributed by atoms with E-state index in [0.717, 1.165) is 11.8 Å². The van der Waals surface area contributed by atoms with Crippen LogP contribution in [0.2, 0.25) is 0 Å². The Morgan fingerprint density at radius 1 is 1.64 bits per heavy atom. The van der Waals surface area contributed by atoms with E-state index in [4.69, 9.17) is 17.3 Å². The first kappa shape index (κ1) is 10.9. The van der Waals surface area contributed by atoms with Gasteiger partial charge in [-0.15, -0.1) is 0 Å². The highest BCUT2D eigenvalue weighted by molar-refractivity contribution is 8.23. The van der Waals surface area contributed by atoms with E-state index in [1.165, 1.54) is 0 Å². The number of pyridine rings is 1. The minimum Gasteiger partial charge on any atom is -0.481 e. The van der Waals surface area contributed by atoms with Crippen LogP contribution in [0.1, 0.15) is 0 Å². The zero-order valence-electron chi connectivity index (χ0n) is 7.14. The first-order valence-electron chi connectivity index (χ1n) is 3.75. The van der Waals surface area contributed by atoms with E-state index in [0.29, 0.717) is 10.1 Å². The Labute approximate surface area is 90.7 Å². The third-order valence-corrected chi connectivity index (χ3v) is 2.43. The van der Waals surface area contributed by atoms with E-state index in [2.05, 4.69) is 10.3 Å². The molecule has 0 radical (unpaired) electrons. The van der Waals surface area contributed by atoms with Crippen molar-refractivity contribution < 1.29 is 9.90 Å². The fraction of sp³-hybridized carbons (Fsp3) is 0.125. The molecule has 0 saturated heterocycles. The summed E-state index contributed by atoms with van der Waals surface area (Å²) in [6.45, 7) is 0. The molecule has 1 rings (SSSR count). The third-order valence-electron chi connectivity index (χ3n) is 1.22. The van der Waals surface area contributed by atoms with E-state index in [1.54, 1.807) is 18.3 Å². The van der Waals surface area contributed by atoms with Gasteiger partial charge in [-0.05, 0) is 12.1 Å². The van der Waals surface area contributed by atoms with Crippen LogP contribution in [-0.4, -0.2) is 26.1 Å². The van der Waals surface area contributed by atoms with Gasteiger partial charge in [-0.25, -0.2) is 4.98 Å². The van der Waals surface area contributed by atoms with Crippen molar-refractivity contribution in [1.82, 2.24) is 4.98 Å². The van der Waals surface area contributed by atoms with Gasteiger partial charge in [0.25, 0.3) is 0 Å². The van der Waals surface area contributed by atoms with E-state index in [-0.39, 0.29) is 5.75 Å². The molecule has 0 fully saturated rings. The molecule has 2 N–H and O–H groups in total. The molecule has 4 nitrogen and oxygen atoms in total. The summed E-state index contributed by atoms with van der Waals surface area (Å²) >= 11 is 5.96. The van der Waals surface area contributed by atoms with Gasteiger partial charge in [0, 0.05) is 6.20 Å². The van der Waals surface area contributed by atoms with E-state index >= 15 is 0 Å². The summed E-state index contributed by atoms with van der Waals surface area (Å²) < 4.78 is 0.408. The molecule has 0 aliphatic heterocycles. The molecule has 0 spiro atoms. The number of aliphatic carboxylic acids is 1.